The van der Waals surface area contributed by atoms with Crippen LogP contribution in [0.15, 0.2) is 0 Å². The summed E-state index contributed by atoms with van der Waals surface area (Å²) >= 11 is 0. The molecule has 0 aromatic carbocycles. The van der Waals surface area contributed by atoms with E-state index in [4.69, 9.17) is 11.5 Å². The van der Waals surface area contributed by atoms with Crippen molar-refractivity contribution in [2.24, 2.45) is 11.5 Å². The average Bonchev–Trinajstić information content (AvgIpc) is 1.91. The van der Waals surface area contributed by atoms with Gasteiger partial charge in [-0.25, -0.2) is 0 Å². The largest absolute Gasteiger partial charge is 0.330 e. The highest BCUT2D eigenvalue weighted by molar-refractivity contribution is 4.91. The van der Waals surface area contributed by atoms with Crippen LogP contribution in [0.5, 0.6) is 0 Å². The fourth-order valence-corrected chi connectivity index (χ4v) is 0.714. The van der Waals surface area contributed by atoms with Gasteiger partial charge in [0.2, 0.25) is 0 Å². The highest BCUT2D eigenvalue weighted by atomic mass is 14.6. The maximum absolute atomic E-state index is 5.41. The van der Waals surface area contributed by atoms with Crippen molar-refractivity contribution in [3.8, 4) is 0 Å². The summed E-state index contributed by atoms with van der Waals surface area (Å²) in [6.45, 7) is 3.50. The molecular formula is C7H17N2. The molecule has 0 amide bonds. The van der Waals surface area contributed by atoms with E-state index >= 15 is 0 Å². The quantitative estimate of drug-likeness (QED) is 0.573. The average molecular weight is 129 g/mol. The minimum Gasteiger partial charge on any atom is -0.330 e. The molecular weight excluding hydrogens is 112 g/mol. The molecule has 0 atom stereocenters. The molecule has 0 bridgehead atoms. The minimum absolute atomic E-state index is 0.663. The van der Waals surface area contributed by atoms with Gasteiger partial charge in [-0.15, -0.1) is 0 Å². The van der Waals surface area contributed by atoms with Gasteiger partial charge < -0.3 is 11.5 Å². The molecule has 4 N–H and O–H groups in total. The minimum atomic E-state index is 0.663. The summed E-state index contributed by atoms with van der Waals surface area (Å²) in [6.07, 6.45) is 3.57. The zero-order valence-corrected chi connectivity index (χ0v) is 6.19. The topological polar surface area (TPSA) is 52.0 Å². The maximum Gasteiger partial charge on any atom is 0.00285 e. The van der Waals surface area contributed by atoms with Crippen molar-refractivity contribution in [2.45, 2.75) is 26.2 Å². The Balaban J connectivity index is 3.09. The van der Waals surface area contributed by atoms with Crippen molar-refractivity contribution >= 4 is 0 Å². The van der Waals surface area contributed by atoms with Crippen LogP contribution in [0.3, 0.4) is 0 Å². The Kier molecular flexibility index (Phi) is 5.99. The van der Waals surface area contributed by atoms with Crippen LogP contribution in [-0.4, -0.2) is 13.1 Å². The van der Waals surface area contributed by atoms with Crippen LogP contribution in [0.4, 0.5) is 0 Å². The van der Waals surface area contributed by atoms with E-state index in [0.717, 1.165) is 6.42 Å². The third-order valence-electron chi connectivity index (χ3n) is 1.46. The molecule has 9 heavy (non-hydrogen) atoms. The van der Waals surface area contributed by atoms with Gasteiger partial charge in [0.15, 0.2) is 0 Å². The van der Waals surface area contributed by atoms with E-state index in [0.29, 0.717) is 13.1 Å². The van der Waals surface area contributed by atoms with Crippen LogP contribution in [-0.2, 0) is 0 Å². The Morgan fingerprint density at radius 1 is 1.22 bits per heavy atom. The van der Waals surface area contributed by atoms with Crippen molar-refractivity contribution in [3.63, 3.8) is 0 Å². The lowest BCUT2D eigenvalue weighted by atomic mass is 10.0. The fourth-order valence-electron chi connectivity index (χ4n) is 0.714. The second-order valence-corrected chi connectivity index (χ2v) is 2.26. The second-order valence-electron chi connectivity index (χ2n) is 2.26. The molecule has 0 aromatic heterocycles. The Bertz CT molecular complexity index is 50.9. The first kappa shape index (κ1) is 8.92. The summed E-state index contributed by atoms with van der Waals surface area (Å²) in [4.78, 5) is 0. The third-order valence-corrected chi connectivity index (χ3v) is 1.46. The van der Waals surface area contributed by atoms with E-state index in [1.165, 1.54) is 18.8 Å². The van der Waals surface area contributed by atoms with Crippen molar-refractivity contribution in [3.05, 3.63) is 5.92 Å². The molecule has 55 valence electrons. The van der Waals surface area contributed by atoms with Gasteiger partial charge in [0.25, 0.3) is 0 Å². The summed E-state index contributed by atoms with van der Waals surface area (Å²) in [7, 11) is 0. The second kappa shape index (κ2) is 6.05. The molecule has 0 aromatic rings. The Hall–Kier alpha value is -0.0800. The van der Waals surface area contributed by atoms with Crippen LogP contribution in [0.1, 0.15) is 26.2 Å². The zero-order chi connectivity index (χ0) is 7.11. The van der Waals surface area contributed by atoms with Gasteiger partial charge in [-0.05, 0) is 19.5 Å². The number of nitrogens with two attached hydrogens (primary N) is 2. The molecule has 0 unspecified atom stereocenters. The van der Waals surface area contributed by atoms with Crippen molar-refractivity contribution < 1.29 is 0 Å². The van der Waals surface area contributed by atoms with Gasteiger partial charge in [0, 0.05) is 5.92 Å². The highest BCUT2D eigenvalue weighted by Crippen LogP contribution is 2.06. The van der Waals surface area contributed by atoms with Crippen LogP contribution < -0.4 is 11.5 Å². The van der Waals surface area contributed by atoms with E-state index in [9.17, 15) is 0 Å². The summed E-state index contributed by atoms with van der Waals surface area (Å²) in [5.41, 5.74) is 10.8. The van der Waals surface area contributed by atoms with Gasteiger partial charge in [-0.1, -0.05) is 19.8 Å². The van der Waals surface area contributed by atoms with E-state index in [1.807, 2.05) is 0 Å². The molecule has 0 aliphatic rings. The summed E-state index contributed by atoms with van der Waals surface area (Å²) in [5, 5.41) is 0. The fraction of sp³-hybridized carbons (Fsp3) is 0.857. The Morgan fingerprint density at radius 3 is 2.11 bits per heavy atom. The van der Waals surface area contributed by atoms with Crippen molar-refractivity contribution in [1.82, 2.24) is 0 Å². The molecule has 0 aliphatic heterocycles. The Labute approximate surface area is 57.6 Å². The van der Waals surface area contributed by atoms with Gasteiger partial charge in [0.05, 0.1) is 0 Å². The normalized spacial score (nSPS) is 10.7. The van der Waals surface area contributed by atoms with E-state index in [1.54, 1.807) is 0 Å². The summed E-state index contributed by atoms with van der Waals surface area (Å²) < 4.78 is 0. The summed E-state index contributed by atoms with van der Waals surface area (Å²) in [5.74, 6) is 1.29. The first-order valence-electron chi connectivity index (χ1n) is 3.58. The molecule has 0 saturated heterocycles. The van der Waals surface area contributed by atoms with Crippen molar-refractivity contribution in [2.75, 3.05) is 13.1 Å². The van der Waals surface area contributed by atoms with Crippen LogP contribution in [0.25, 0.3) is 0 Å². The molecule has 0 fully saturated rings. The standard InChI is InChI=1S/C7H17N2/c1-2-3-4-7(5-8)6-9/h2-6,8-9H2,1H3. The van der Waals surface area contributed by atoms with Crippen molar-refractivity contribution in [1.29, 1.82) is 0 Å². The number of unbranched alkanes of at least 4 members (excludes halogenated alkanes) is 1. The lowest BCUT2D eigenvalue weighted by molar-refractivity contribution is 0.683. The SMILES string of the molecule is CCCC[C](CN)CN. The summed E-state index contributed by atoms with van der Waals surface area (Å²) in [6, 6.07) is 0. The first-order valence-corrected chi connectivity index (χ1v) is 3.58. The zero-order valence-electron chi connectivity index (χ0n) is 6.19. The smallest absolute Gasteiger partial charge is 0.00285 e. The number of hydrogen-bond donors (Lipinski definition) is 2. The monoisotopic (exact) mass is 129 g/mol. The number of hydrogen-bond acceptors (Lipinski definition) is 2. The molecule has 0 saturated carbocycles. The third kappa shape index (κ3) is 4.43. The van der Waals surface area contributed by atoms with Gasteiger partial charge in [0.1, 0.15) is 0 Å². The highest BCUT2D eigenvalue weighted by Gasteiger charge is 2.01. The van der Waals surface area contributed by atoms with Gasteiger partial charge in [-0.3, -0.25) is 0 Å². The van der Waals surface area contributed by atoms with Crippen LogP contribution >= 0.6 is 0 Å². The Morgan fingerprint density at radius 2 is 1.78 bits per heavy atom. The molecule has 2 heteroatoms. The lowest BCUT2D eigenvalue weighted by Gasteiger charge is -2.08. The first-order chi connectivity index (χ1) is 4.35. The molecule has 0 spiro atoms. The van der Waals surface area contributed by atoms with E-state index in [-0.39, 0.29) is 0 Å². The predicted molar refractivity (Wildman–Crippen MR) is 40.9 cm³/mol. The van der Waals surface area contributed by atoms with Gasteiger partial charge >= 0.3 is 0 Å². The maximum atomic E-state index is 5.41. The molecule has 0 aliphatic carbocycles. The molecule has 0 rings (SSSR count). The van der Waals surface area contributed by atoms with Gasteiger partial charge in [-0.2, -0.15) is 0 Å². The van der Waals surface area contributed by atoms with E-state index in [2.05, 4.69) is 6.92 Å². The number of rotatable bonds is 5. The predicted octanol–water partition coefficient (Wildman–Crippen LogP) is 0.668. The van der Waals surface area contributed by atoms with E-state index < -0.39 is 0 Å². The molecule has 1 radical (unpaired) electrons. The lowest BCUT2D eigenvalue weighted by Crippen LogP contribution is -2.20. The molecule has 2 nitrogen and oxygen atoms in total. The molecule has 0 heterocycles. The van der Waals surface area contributed by atoms with Crippen LogP contribution in [0.2, 0.25) is 0 Å². The van der Waals surface area contributed by atoms with Crippen LogP contribution in [0, 0.1) is 5.92 Å².